The molecule has 6 nitrogen and oxygen atoms in total. The van der Waals surface area contributed by atoms with E-state index in [-0.39, 0.29) is 6.54 Å². The van der Waals surface area contributed by atoms with Gasteiger partial charge in [0.15, 0.2) is 0 Å². The minimum atomic E-state index is -3.39. The Kier molecular flexibility index (Phi) is 4.07. The lowest BCUT2D eigenvalue weighted by molar-refractivity contribution is -0.0642. The highest BCUT2D eigenvalue weighted by Gasteiger charge is 2.33. The van der Waals surface area contributed by atoms with Crippen LogP contribution in [0.4, 0.5) is 0 Å². The molecule has 0 saturated carbocycles. The van der Waals surface area contributed by atoms with Crippen LogP contribution in [0.25, 0.3) is 0 Å². The SMILES string of the molecule is CC1(C)CN(S(=O)(=O)NCCN)CCO1. The fourth-order valence-corrected chi connectivity index (χ4v) is 2.81. The largest absolute Gasteiger partial charge is 0.373 e. The van der Waals surface area contributed by atoms with Crippen molar-refractivity contribution in [1.82, 2.24) is 9.03 Å². The van der Waals surface area contributed by atoms with Crippen LogP contribution >= 0.6 is 0 Å². The second-order valence-electron chi connectivity index (χ2n) is 4.13. The first-order valence-electron chi connectivity index (χ1n) is 4.96. The molecule has 0 bridgehead atoms. The summed E-state index contributed by atoms with van der Waals surface area (Å²) in [5, 5.41) is 0. The van der Waals surface area contributed by atoms with Crippen molar-refractivity contribution in [1.29, 1.82) is 0 Å². The number of rotatable bonds is 4. The third kappa shape index (κ3) is 3.69. The van der Waals surface area contributed by atoms with Gasteiger partial charge in [-0.25, -0.2) is 4.72 Å². The minimum Gasteiger partial charge on any atom is -0.373 e. The summed E-state index contributed by atoms with van der Waals surface area (Å²) < 4.78 is 32.7. The summed E-state index contributed by atoms with van der Waals surface area (Å²) in [6.45, 7) is 5.50. The van der Waals surface area contributed by atoms with Gasteiger partial charge in [0, 0.05) is 26.2 Å². The molecule has 0 aromatic carbocycles. The van der Waals surface area contributed by atoms with Gasteiger partial charge >= 0.3 is 0 Å². The van der Waals surface area contributed by atoms with Crippen molar-refractivity contribution in [2.75, 3.05) is 32.8 Å². The Bertz CT molecular complexity index is 302. The maximum absolute atomic E-state index is 11.7. The molecule has 0 radical (unpaired) electrons. The van der Waals surface area contributed by atoms with Crippen molar-refractivity contribution in [3.63, 3.8) is 0 Å². The van der Waals surface area contributed by atoms with E-state index in [1.807, 2.05) is 13.8 Å². The van der Waals surface area contributed by atoms with Crippen molar-refractivity contribution in [2.45, 2.75) is 19.4 Å². The summed E-state index contributed by atoms with van der Waals surface area (Å²) in [5.41, 5.74) is 4.83. The Morgan fingerprint density at radius 3 is 2.73 bits per heavy atom. The number of hydrogen-bond acceptors (Lipinski definition) is 4. The van der Waals surface area contributed by atoms with Crippen molar-refractivity contribution in [3.05, 3.63) is 0 Å². The molecule has 1 aliphatic heterocycles. The van der Waals surface area contributed by atoms with E-state index in [9.17, 15) is 8.42 Å². The van der Waals surface area contributed by atoms with Crippen LogP contribution in [-0.2, 0) is 14.9 Å². The second kappa shape index (κ2) is 4.75. The molecule has 0 amide bonds. The van der Waals surface area contributed by atoms with Crippen LogP contribution in [0.2, 0.25) is 0 Å². The molecule has 3 N–H and O–H groups in total. The minimum absolute atomic E-state index is 0.264. The quantitative estimate of drug-likeness (QED) is 0.649. The smallest absolute Gasteiger partial charge is 0.279 e. The number of ether oxygens (including phenoxy) is 1. The monoisotopic (exact) mass is 237 g/mol. The summed E-state index contributed by atoms with van der Waals surface area (Å²) in [7, 11) is -3.39. The zero-order valence-electron chi connectivity index (χ0n) is 9.19. The summed E-state index contributed by atoms with van der Waals surface area (Å²) in [4.78, 5) is 0. The Balaban J connectivity index is 2.63. The van der Waals surface area contributed by atoms with Gasteiger partial charge in [-0.2, -0.15) is 12.7 Å². The van der Waals surface area contributed by atoms with Gasteiger partial charge in [0.05, 0.1) is 12.2 Å². The number of nitrogens with one attached hydrogen (secondary N) is 1. The zero-order valence-corrected chi connectivity index (χ0v) is 10.0. The fourth-order valence-electron chi connectivity index (χ4n) is 1.46. The first-order chi connectivity index (χ1) is 6.87. The van der Waals surface area contributed by atoms with Crippen molar-refractivity contribution in [3.8, 4) is 0 Å². The first kappa shape index (κ1) is 12.9. The molecule has 15 heavy (non-hydrogen) atoms. The van der Waals surface area contributed by atoms with E-state index in [1.165, 1.54) is 4.31 Å². The Morgan fingerprint density at radius 1 is 1.53 bits per heavy atom. The number of hydrogen-bond donors (Lipinski definition) is 2. The van der Waals surface area contributed by atoms with Crippen LogP contribution < -0.4 is 10.5 Å². The molecule has 90 valence electrons. The fraction of sp³-hybridized carbons (Fsp3) is 1.00. The molecule has 1 heterocycles. The molecule has 0 unspecified atom stereocenters. The Labute approximate surface area is 90.9 Å². The van der Waals surface area contributed by atoms with Crippen LogP contribution in [0.1, 0.15) is 13.8 Å². The zero-order chi connectivity index (χ0) is 11.5. The lowest BCUT2D eigenvalue weighted by Crippen LogP contribution is -2.54. The third-order valence-electron chi connectivity index (χ3n) is 2.16. The highest BCUT2D eigenvalue weighted by molar-refractivity contribution is 7.87. The second-order valence-corrected chi connectivity index (χ2v) is 5.88. The lowest BCUT2D eigenvalue weighted by Gasteiger charge is -2.37. The topological polar surface area (TPSA) is 84.7 Å². The Hall–Kier alpha value is -0.210. The maximum Gasteiger partial charge on any atom is 0.279 e. The summed E-state index contributed by atoms with van der Waals surface area (Å²) >= 11 is 0. The van der Waals surface area contributed by atoms with Crippen molar-refractivity contribution < 1.29 is 13.2 Å². The van der Waals surface area contributed by atoms with Gasteiger partial charge in [-0.05, 0) is 13.8 Å². The predicted molar refractivity (Wildman–Crippen MR) is 57.6 cm³/mol. The predicted octanol–water partition coefficient (Wildman–Crippen LogP) is -1.11. The molecule has 1 aliphatic rings. The van der Waals surface area contributed by atoms with Gasteiger partial charge in [-0.3, -0.25) is 0 Å². The number of nitrogens with two attached hydrogens (primary N) is 1. The number of morpholine rings is 1. The van der Waals surface area contributed by atoms with Gasteiger partial charge < -0.3 is 10.5 Å². The third-order valence-corrected chi connectivity index (χ3v) is 3.72. The van der Waals surface area contributed by atoms with E-state index in [2.05, 4.69) is 4.72 Å². The standard InChI is InChI=1S/C8H19N3O3S/c1-8(2)7-11(5-6-14-8)15(12,13)10-4-3-9/h10H,3-7,9H2,1-2H3. The molecular formula is C8H19N3O3S. The highest BCUT2D eigenvalue weighted by Crippen LogP contribution is 2.18. The molecule has 1 rings (SSSR count). The van der Waals surface area contributed by atoms with Gasteiger partial charge in [0.1, 0.15) is 0 Å². The van der Waals surface area contributed by atoms with Crippen LogP contribution in [0.15, 0.2) is 0 Å². The van der Waals surface area contributed by atoms with Gasteiger partial charge in [-0.1, -0.05) is 0 Å². The van der Waals surface area contributed by atoms with Gasteiger partial charge in [0.2, 0.25) is 0 Å². The van der Waals surface area contributed by atoms with E-state index < -0.39 is 15.8 Å². The molecule has 1 saturated heterocycles. The molecule has 0 atom stereocenters. The van der Waals surface area contributed by atoms with Gasteiger partial charge in [-0.15, -0.1) is 0 Å². The molecule has 0 spiro atoms. The molecule has 0 aliphatic carbocycles. The molecule has 0 aromatic heterocycles. The summed E-state index contributed by atoms with van der Waals surface area (Å²) in [5.74, 6) is 0. The maximum atomic E-state index is 11.7. The summed E-state index contributed by atoms with van der Waals surface area (Å²) in [6, 6.07) is 0. The summed E-state index contributed by atoms with van der Waals surface area (Å²) in [6.07, 6.45) is 0. The van der Waals surface area contributed by atoms with E-state index in [1.54, 1.807) is 0 Å². The highest BCUT2D eigenvalue weighted by atomic mass is 32.2. The van der Waals surface area contributed by atoms with Crippen molar-refractivity contribution in [2.24, 2.45) is 5.73 Å². The van der Waals surface area contributed by atoms with Crippen LogP contribution in [0.5, 0.6) is 0 Å². The van der Waals surface area contributed by atoms with Crippen LogP contribution in [0, 0.1) is 0 Å². The average molecular weight is 237 g/mol. The van der Waals surface area contributed by atoms with Crippen LogP contribution in [-0.4, -0.2) is 51.1 Å². The van der Waals surface area contributed by atoms with Crippen molar-refractivity contribution >= 4 is 10.2 Å². The van der Waals surface area contributed by atoms with Crippen LogP contribution in [0.3, 0.4) is 0 Å². The molecule has 1 fully saturated rings. The normalized spacial score (nSPS) is 22.9. The molecular weight excluding hydrogens is 218 g/mol. The van der Waals surface area contributed by atoms with E-state index in [4.69, 9.17) is 10.5 Å². The van der Waals surface area contributed by atoms with E-state index >= 15 is 0 Å². The first-order valence-corrected chi connectivity index (χ1v) is 6.40. The van der Waals surface area contributed by atoms with E-state index in [0.717, 1.165) is 0 Å². The Morgan fingerprint density at radius 2 is 2.20 bits per heavy atom. The molecule has 0 aromatic rings. The van der Waals surface area contributed by atoms with E-state index in [0.29, 0.717) is 26.2 Å². The lowest BCUT2D eigenvalue weighted by atomic mass is 10.1. The van der Waals surface area contributed by atoms with Gasteiger partial charge in [0.25, 0.3) is 10.2 Å². The average Bonchev–Trinajstić information content (AvgIpc) is 2.13. The molecule has 7 heteroatoms. The number of nitrogens with zero attached hydrogens (tertiary/aromatic N) is 1.